The van der Waals surface area contributed by atoms with Gasteiger partial charge in [0.1, 0.15) is 0 Å². The van der Waals surface area contributed by atoms with Crippen molar-refractivity contribution in [3.63, 3.8) is 0 Å². The van der Waals surface area contributed by atoms with Crippen molar-refractivity contribution in [1.29, 1.82) is 0 Å². The van der Waals surface area contributed by atoms with E-state index in [4.69, 9.17) is 0 Å². The maximum atomic E-state index is 3.15. The predicted octanol–water partition coefficient (Wildman–Crippen LogP) is 8.96. The van der Waals surface area contributed by atoms with E-state index in [0.717, 1.165) is 7.96 Å². The van der Waals surface area contributed by atoms with Crippen LogP contribution in [0.5, 0.6) is 0 Å². The highest BCUT2D eigenvalue weighted by Gasteiger charge is 2.27. The molecule has 0 nitrogen and oxygen atoms in total. The lowest BCUT2D eigenvalue weighted by Crippen LogP contribution is -1.44. The molecular formula is H18P16. The molecule has 0 saturated heterocycles. The molecular weight excluding hydrogens is 496 g/mol. The Balaban J connectivity index is 4.58. The van der Waals surface area contributed by atoms with E-state index >= 15 is 0 Å². The zero-order valence-corrected chi connectivity index (χ0v) is 24.9. The van der Waals surface area contributed by atoms with Crippen LogP contribution in [-0.4, -0.2) is 0 Å². The average molecular weight is 514 g/mol. The van der Waals surface area contributed by atoms with Gasteiger partial charge < -0.3 is 0 Å². The molecule has 0 saturated carbocycles. The third-order valence-electron chi connectivity index (χ3n) is 1.17. The molecule has 12 atom stereocenters. The van der Waals surface area contributed by atoms with Crippen LogP contribution in [0.3, 0.4) is 0 Å². The lowest BCUT2D eigenvalue weighted by Gasteiger charge is -2.33. The second-order valence-electron chi connectivity index (χ2n) is 2.29. The first kappa shape index (κ1) is 22.9. The lowest BCUT2D eigenvalue weighted by molar-refractivity contribution is 4.62. The maximum Gasteiger partial charge on any atom is -0.0127 e. The average Bonchev–Trinajstić information content (AvgIpc) is 2.15. The van der Waals surface area contributed by atoms with Crippen LogP contribution in [0.4, 0.5) is 0 Å². The van der Waals surface area contributed by atoms with E-state index in [1.807, 2.05) is 0 Å². The van der Waals surface area contributed by atoms with Gasteiger partial charge in [0.15, 0.2) is 0 Å². The molecule has 0 radical (unpaired) electrons. The summed E-state index contributed by atoms with van der Waals surface area (Å²) >= 11 is 0. The Hall–Kier alpha value is 6.88. The van der Waals surface area contributed by atoms with Crippen molar-refractivity contribution in [2.24, 2.45) is 0 Å². The highest BCUT2D eigenvalue weighted by Crippen LogP contribution is 3.17. The summed E-state index contributed by atoms with van der Waals surface area (Å²) in [6, 6.07) is 0. The summed E-state index contributed by atoms with van der Waals surface area (Å²) < 4.78 is 0. The summed E-state index contributed by atoms with van der Waals surface area (Å²) in [5, 5.41) is 0. The van der Waals surface area contributed by atoms with Crippen LogP contribution in [0, 0.1) is 0 Å². The van der Waals surface area contributed by atoms with Gasteiger partial charge in [0.05, 0.1) is 0 Å². The molecule has 0 rings (SSSR count). The Labute approximate surface area is 128 Å². The molecule has 12 unspecified atom stereocenters. The predicted molar refractivity (Wildman–Crippen MR) is 136 cm³/mol. The third kappa shape index (κ3) is 9.89. The summed E-state index contributed by atoms with van der Waals surface area (Å²) in [7, 11) is 26.8. The van der Waals surface area contributed by atoms with Crippen LogP contribution >= 0.6 is 129 Å². The normalized spacial score (nSPS) is 18.0. The van der Waals surface area contributed by atoms with E-state index < -0.39 is 0 Å². The fourth-order valence-electron chi connectivity index (χ4n) is 0.568. The summed E-state index contributed by atoms with van der Waals surface area (Å²) in [5.74, 6) is 0. The van der Waals surface area contributed by atoms with Gasteiger partial charge in [-0.2, -0.15) is 0 Å². The number of hydrogen-bond donors (Lipinski definition) is 0. The van der Waals surface area contributed by atoms with E-state index in [0.29, 0.717) is 0 Å². The molecule has 0 spiro atoms. The van der Waals surface area contributed by atoms with Gasteiger partial charge in [-0.1, -0.05) is 7.96 Å². The lowest BCUT2D eigenvalue weighted by atomic mass is 28.7. The molecule has 0 aliphatic heterocycles. The van der Waals surface area contributed by atoms with Crippen molar-refractivity contribution in [2.75, 3.05) is 0 Å². The zero-order valence-electron chi connectivity index (χ0n) is 8.30. The van der Waals surface area contributed by atoms with Gasteiger partial charge in [0, 0.05) is 0 Å². The summed E-state index contributed by atoms with van der Waals surface area (Å²) in [5.41, 5.74) is 0. The van der Waals surface area contributed by atoms with Crippen LogP contribution in [0.15, 0.2) is 0 Å². The van der Waals surface area contributed by atoms with E-state index in [1.165, 1.54) is 7.96 Å². The third-order valence-corrected chi connectivity index (χ3v) is 94.9. The summed E-state index contributed by atoms with van der Waals surface area (Å²) in [6.07, 6.45) is 0. The Bertz CT molecular complexity index is 159. The van der Waals surface area contributed by atoms with Crippen molar-refractivity contribution in [3.05, 3.63) is 0 Å². The summed E-state index contributed by atoms with van der Waals surface area (Å²) in [6.45, 7) is 1.05. The Kier molecular flexibility index (Phi) is 18.9. The fraction of sp³-hybridized carbons (Fsp3) is 0. The maximum absolute atomic E-state index is 3.15. The van der Waals surface area contributed by atoms with E-state index in [9.17, 15) is 0 Å². The number of hydrogen-bond acceptors (Lipinski definition) is 0. The van der Waals surface area contributed by atoms with Crippen LogP contribution in [0.25, 0.3) is 0 Å². The fourth-order valence-corrected chi connectivity index (χ4v) is 138. The molecule has 0 heterocycles. The van der Waals surface area contributed by atoms with Crippen molar-refractivity contribution in [1.82, 2.24) is 0 Å². The van der Waals surface area contributed by atoms with Gasteiger partial charge in [-0.15, -0.1) is 71.4 Å². The van der Waals surface area contributed by atoms with E-state index in [2.05, 4.69) is 71.4 Å². The molecule has 0 aromatic carbocycles. The Morgan fingerprint density at radius 1 is 0.625 bits per heavy atom. The molecule has 0 amide bonds. The first-order valence-electron chi connectivity index (χ1n) is 3.57. The van der Waals surface area contributed by atoms with Crippen molar-refractivity contribution < 1.29 is 0 Å². The molecule has 0 aromatic heterocycles. The minimum Gasteiger partial charge on any atom is -0.109 e. The molecule has 0 bridgehead atoms. The largest absolute Gasteiger partial charge is 0.109 e. The van der Waals surface area contributed by atoms with Crippen molar-refractivity contribution >= 4 is 129 Å². The smallest absolute Gasteiger partial charge is 0.0127 e. The molecule has 98 valence electrons. The molecule has 0 N–H and O–H groups in total. The summed E-state index contributed by atoms with van der Waals surface area (Å²) in [4.78, 5) is 0. The van der Waals surface area contributed by atoms with Crippen LogP contribution in [-0.2, 0) is 0 Å². The molecule has 0 fully saturated rings. The van der Waals surface area contributed by atoms with Crippen molar-refractivity contribution in [2.45, 2.75) is 0 Å². The van der Waals surface area contributed by atoms with Gasteiger partial charge in [0.25, 0.3) is 0 Å². The van der Waals surface area contributed by atoms with Gasteiger partial charge in [-0.3, -0.25) is 0 Å². The SMILES string of the molecule is PPP(P)P(PP(P(P)P)P(P)P)P(P)P. The molecule has 0 aliphatic rings. The highest BCUT2D eigenvalue weighted by atomic mass is 33.3. The number of rotatable bonds is 7. The Morgan fingerprint density at radius 2 is 1.00 bits per heavy atom. The van der Waals surface area contributed by atoms with E-state index in [1.54, 1.807) is 0 Å². The first-order chi connectivity index (χ1) is 7.31. The second-order valence-corrected chi connectivity index (χ2v) is 61.9. The minimum absolute atomic E-state index is 0.113. The monoisotopic (exact) mass is 514 g/mol. The molecule has 16 heavy (non-hydrogen) atoms. The standard InChI is InChI=1S/H18P16/c1-9-14(8)16(13(6)7)10-15(11(2)3)12(4)5/h9-10H,1-8H2. The van der Waals surface area contributed by atoms with Crippen LogP contribution in [0.2, 0.25) is 0 Å². The molecule has 0 aliphatic carbocycles. The van der Waals surface area contributed by atoms with Gasteiger partial charge in [0.2, 0.25) is 0 Å². The van der Waals surface area contributed by atoms with Gasteiger partial charge in [-0.25, -0.2) is 0 Å². The van der Waals surface area contributed by atoms with Crippen LogP contribution in [0.1, 0.15) is 0 Å². The van der Waals surface area contributed by atoms with Gasteiger partial charge >= 0.3 is 0 Å². The second kappa shape index (κ2) is 13.2. The van der Waals surface area contributed by atoms with E-state index in [-0.39, 0.29) is 41.9 Å². The topological polar surface area (TPSA) is 0 Å². The molecule has 0 aromatic rings. The molecule has 16 heteroatoms. The zero-order chi connectivity index (χ0) is 12.9. The van der Waals surface area contributed by atoms with Crippen LogP contribution < -0.4 is 0 Å². The highest BCUT2D eigenvalue weighted by molar-refractivity contribution is 9.23. The first-order valence-corrected chi connectivity index (χ1v) is 32.1. The quantitative estimate of drug-likeness (QED) is 0.298. The Morgan fingerprint density at radius 3 is 1.25 bits per heavy atom. The van der Waals surface area contributed by atoms with Crippen molar-refractivity contribution in [3.8, 4) is 0 Å². The van der Waals surface area contributed by atoms with Gasteiger partial charge in [-0.05, 0) is 49.9 Å². The minimum atomic E-state index is 0.113.